The zero-order valence-corrected chi connectivity index (χ0v) is 21.1. The third-order valence-electron chi connectivity index (χ3n) is 5.34. The highest BCUT2D eigenvalue weighted by Crippen LogP contribution is 2.27. The summed E-state index contributed by atoms with van der Waals surface area (Å²) >= 11 is 11.8. The molecular formula is C26H26ClN5O2S. The summed E-state index contributed by atoms with van der Waals surface area (Å²) in [5, 5.41) is 15.3. The topological polar surface area (TPSA) is 81.1 Å². The van der Waals surface area contributed by atoms with Crippen molar-refractivity contribution in [2.45, 2.75) is 33.1 Å². The normalized spacial score (nSPS) is 10.8. The van der Waals surface area contributed by atoms with Crippen LogP contribution < -0.4 is 15.4 Å². The van der Waals surface area contributed by atoms with Gasteiger partial charge in [-0.1, -0.05) is 43.1 Å². The van der Waals surface area contributed by atoms with Gasteiger partial charge in [0.05, 0.1) is 23.0 Å². The number of benzene rings is 3. The lowest BCUT2D eigenvalue weighted by molar-refractivity contribution is 0.0977. The third kappa shape index (κ3) is 6.15. The monoisotopic (exact) mass is 507 g/mol. The van der Waals surface area contributed by atoms with Crippen molar-refractivity contribution in [3.8, 4) is 11.4 Å². The van der Waals surface area contributed by atoms with Crippen LogP contribution in [0.25, 0.3) is 16.7 Å². The number of unbranched alkanes of at least 4 members (excludes halogenated alkanes) is 1. The molecule has 1 amide bonds. The summed E-state index contributed by atoms with van der Waals surface area (Å²) in [7, 11) is 0. The molecule has 0 radical (unpaired) electrons. The van der Waals surface area contributed by atoms with Crippen molar-refractivity contribution in [2.75, 3.05) is 11.9 Å². The molecule has 4 aromatic rings. The van der Waals surface area contributed by atoms with Gasteiger partial charge in [0.2, 0.25) is 0 Å². The molecule has 4 rings (SSSR count). The van der Waals surface area contributed by atoms with Gasteiger partial charge in [0.1, 0.15) is 16.8 Å². The molecule has 1 heterocycles. The number of fused-ring (bicyclic) bond motifs is 1. The van der Waals surface area contributed by atoms with Crippen molar-refractivity contribution in [2.24, 2.45) is 0 Å². The summed E-state index contributed by atoms with van der Waals surface area (Å²) in [5.41, 5.74) is 4.41. The molecule has 0 fully saturated rings. The molecule has 0 bridgehead atoms. The van der Waals surface area contributed by atoms with E-state index in [0.29, 0.717) is 39.7 Å². The fourth-order valence-corrected chi connectivity index (χ4v) is 3.96. The second-order valence-electron chi connectivity index (χ2n) is 7.95. The summed E-state index contributed by atoms with van der Waals surface area (Å²) in [5.74, 6) is 0.265. The first kappa shape index (κ1) is 24.6. The number of nitrogens with one attached hydrogen (secondary N) is 2. The lowest BCUT2D eigenvalue weighted by Gasteiger charge is -2.11. The number of hydrogen-bond acceptors (Lipinski definition) is 5. The van der Waals surface area contributed by atoms with E-state index in [1.165, 1.54) is 18.4 Å². The van der Waals surface area contributed by atoms with Crippen LogP contribution in [0, 0.1) is 0 Å². The molecule has 1 aromatic heterocycles. The van der Waals surface area contributed by atoms with Crippen LogP contribution in [0.2, 0.25) is 5.02 Å². The fourth-order valence-electron chi connectivity index (χ4n) is 3.55. The van der Waals surface area contributed by atoms with Crippen LogP contribution in [0.15, 0.2) is 60.7 Å². The summed E-state index contributed by atoms with van der Waals surface area (Å²) in [4.78, 5) is 14.2. The number of amides is 1. The van der Waals surface area contributed by atoms with E-state index in [0.717, 1.165) is 12.1 Å². The van der Waals surface area contributed by atoms with Crippen LogP contribution in [-0.2, 0) is 6.42 Å². The quantitative estimate of drug-likeness (QED) is 0.287. The molecule has 3 aromatic carbocycles. The summed E-state index contributed by atoms with van der Waals surface area (Å²) in [6.45, 7) is 4.58. The maximum Gasteiger partial charge on any atom is 0.257 e. The lowest BCUT2D eigenvalue weighted by Crippen LogP contribution is -2.34. The molecule has 0 saturated heterocycles. The van der Waals surface area contributed by atoms with Crippen molar-refractivity contribution >= 4 is 51.6 Å². The molecule has 0 atom stereocenters. The molecule has 0 saturated carbocycles. The Balaban J connectivity index is 1.47. The highest BCUT2D eigenvalue weighted by atomic mass is 35.5. The van der Waals surface area contributed by atoms with E-state index in [-0.39, 0.29) is 11.0 Å². The number of thiocarbonyl (C=S) groups is 1. The van der Waals surface area contributed by atoms with E-state index in [1.54, 1.807) is 41.2 Å². The average Bonchev–Trinajstić information content (AvgIpc) is 3.26. The molecule has 0 spiro atoms. The molecular weight excluding hydrogens is 482 g/mol. The van der Waals surface area contributed by atoms with E-state index in [4.69, 9.17) is 28.6 Å². The number of rotatable bonds is 8. The van der Waals surface area contributed by atoms with E-state index >= 15 is 0 Å². The number of anilines is 1. The molecule has 0 aliphatic heterocycles. The number of ether oxygens (including phenoxy) is 1. The van der Waals surface area contributed by atoms with Crippen LogP contribution >= 0.6 is 23.8 Å². The number of carbonyl (C=O) groups excluding carboxylic acids is 1. The van der Waals surface area contributed by atoms with Gasteiger partial charge in [-0.3, -0.25) is 10.1 Å². The predicted molar refractivity (Wildman–Crippen MR) is 144 cm³/mol. The van der Waals surface area contributed by atoms with Gasteiger partial charge >= 0.3 is 0 Å². The first-order valence-corrected chi connectivity index (χ1v) is 12.3. The molecule has 7 nitrogen and oxygen atoms in total. The zero-order valence-electron chi connectivity index (χ0n) is 19.5. The number of hydrogen-bond donors (Lipinski definition) is 2. The Morgan fingerprint density at radius 3 is 2.51 bits per heavy atom. The van der Waals surface area contributed by atoms with Gasteiger partial charge in [-0.25, -0.2) is 0 Å². The molecule has 0 aliphatic rings. The molecule has 180 valence electrons. The van der Waals surface area contributed by atoms with Crippen molar-refractivity contribution in [3.63, 3.8) is 0 Å². The Morgan fingerprint density at radius 2 is 1.80 bits per heavy atom. The van der Waals surface area contributed by atoms with Crippen molar-refractivity contribution < 1.29 is 9.53 Å². The van der Waals surface area contributed by atoms with Gasteiger partial charge in [0.25, 0.3) is 5.91 Å². The van der Waals surface area contributed by atoms with Crippen molar-refractivity contribution in [1.29, 1.82) is 0 Å². The van der Waals surface area contributed by atoms with Crippen LogP contribution in [-0.4, -0.2) is 32.6 Å². The average molecular weight is 508 g/mol. The number of carbonyl (C=O) groups is 1. The van der Waals surface area contributed by atoms with Crippen molar-refractivity contribution in [1.82, 2.24) is 20.3 Å². The fraction of sp³-hybridized carbons (Fsp3) is 0.231. The first-order chi connectivity index (χ1) is 17.0. The highest BCUT2D eigenvalue weighted by Gasteiger charge is 2.13. The van der Waals surface area contributed by atoms with Crippen molar-refractivity contribution in [3.05, 3.63) is 76.8 Å². The Bertz CT molecular complexity index is 1350. The Kier molecular flexibility index (Phi) is 7.94. The van der Waals surface area contributed by atoms with Gasteiger partial charge in [-0.2, -0.15) is 4.80 Å². The number of nitrogens with zero attached hydrogens (tertiary/aromatic N) is 3. The minimum absolute atomic E-state index is 0.119. The SMILES string of the molecule is CCCCc1ccc(-n2nc3cc(Cl)c(NC(=S)NC(=O)c4cccc(OCC)c4)cc3n2)cc1. The molecule has 0 aliphatic carbocycles. The zero-order chi connectivity index (χ0) is 24.8. The number of halogens is 1. The smallest absolute Gasteiger partial charge is 0.257 e. The maximum atomic E-state index is 12.6. The second-order valence-corrected chi connectivity index (χ2v) is 8.76. The largest absolute Gasteiger partial charge is 0.494 e. The predicted octanol–water partition coefficient (Wildman–Crippen LogP) is 5.94. The summed E-state index contributed by atoms with van der Waals surface area (Å²) in [6, 6.07) is 18.6. The molecule has 9 heteroatoms. The Morgan fingerprint density at radius 1 is 1.06 bits per heavy atom. The summed E-state index contributed by atoms with van der Waals surface area (Å²) < 4.78 is 5.45. The van der Waals surface area contributed by atoms with Gasteiger partial charge in [0, 0.05) is 5.56 Å². The minimum atomic E-state index is -0.352. The van der Waals surface area contributed by atoms with Crippen LogP contribution in [0.3, 0.4) is 0 Å². The van der Waals surface area contributed by atoms with E-state index in [2.05, 4.69) is 39.9 Å². The van der Waals surface area contributed by atoms with E-state index in [1.807, 2.05) is 19.1 Å². The van der Waals surface area contributed by atoms with Gasteiger partial charge < -0.3 is 10.1 Å². The second kappa shape index (κ2) is 11.3. The lowest BCUT2D eigenvalue weighted by atomic mass is 10.1. The maximum absolute atomic E-state index is 12.6. The standard InChI is InChI=1S/C26H26ClN5O2S/c1-3-5-7-17-10-12-19(13-11-17)32-30-23-15-21(27)22(16-24(23)31-32)28-26(35)29-25(33)18-8-6-9-20(14-18)34-4-2/h6,8-16H,3-5,7H2,1-2H3,(H2,28,29,33,35). The van der Waals surface area contributed by atoms with Gasteiger partial charge in [0.15, 0.2) is 5.11 Å². The van der Waals surface area contributed by atoms with Gasteiger partial charge in [-0.15, -0.1) is 10.2 Å². The first-order valence-electron chi connectivity index (χ1n) is 11.5. The van der Waals surface area contributed by atoms with Crippen LogP contribution in [0.1, 0.15) is 42.6 Å². The Hall–Kier alpha value is -3.49. The minimum Gasteiger partial charge on any atom is -0.494 e. The molecule has 0 unspecified atom stereocenters. The molecule has 35 heavy (non-hydrogen) atoms. The molecule has 2 N–H and O–H groups in total. The highest BCUT2D eigenvalue weighted by molar-refractivity contribution is 7.80. The summed E-state index contributed by atoms with van der Waals surface area (Å²) in [6.07, 6.45) is 3.39. The Labute approximate surface area is 214 Å². The van der Waals surface area contributed by atoms with Gasteiger partial charge in [-0.05, 0) is 80.0 Å². The third-order valence-corrected chi connectivity index (χ3v) is 5.85. The number of aromatic nitrogens is 3. The van der Waals surface area contributed by atoms with Crippen LogP contribution in [0.5, 0.6) is 5.75 Å². The van der Waals surface area contributed by atoms with E-state index in [9.17, 15) is 4.79 Å². The van der Waals surface area contributed by atoms with Crippen LogP contribution in [0.4, 0.5) is 5.69 Å². The van der Waals surface area contributed by atoms with E-state index < -0.39 is 0 Å². The number of aryl methyl sites for hydroxylation is 1.